The molecule has 0 saturated heterocycles. The van der Waals surface area contributed by atoms with E-state index in [9.17, 15) is 5.11 Å². The molecule has 1 aromatic rings. The van der Waals surface area contributed by atoms with E-state index in [0.29, 0.717) is 6.42 Å². The van der Waals surface area contributed by atoms with Crippen molar-refractivity contribution in [2.75, 3.05) is 13.7 Å². The monoisotopic (exact) mass is 216 g/mol. The zero-order valence-electron chi connectivity index (χ0n) is 9.39. The Bertz CT molecular complexity index is 400. The summed E-state index contributed by atoms with van der Waals surface area (Å²) in [6.07, 6.45) is 6.77. The molecule has 0 saturated carbocycles. The smallest absolute Gasteiger partial charge is 0.113 e. The Balaban J connectivity index is 2.20. The molecule has 0 aliphatic heterocycles. The van der Waals surface area contributed by atoms with E-state index >= 15 is 0 Å². The maximum atomic E-state index is 9.29. The molecule has 0 spiro atoms. The maximum absolute atomic E-state index is 9.29. The van der Waals surface area contributed by atoms with E-state index in [1.807, 2.05) is 30.4 Å². The summed E-state index contributed by atoms with van der Waals surface area (Å²) in [5.41, 5.74) is 1.85. The van der Waals surface area contributed by atoms with Crippen molar-refractivity contribution in [2.45, 2.75) is 12.0 Å². The number of aliphatic hydroxyl groups is 1. The van der Waals surface area contributed by atoms with Gasteiger partial charge in [0.15, 0.2) is 0 Å². The third-order valence-corrected chi connectivity index (χ3v) is 3.02. The number of hydrogen-bond donors (Lipinski definition) is 1. The molecule has 2 heteroatoms. The second kappa shape index (κ2) is 4.64. The van der Waals surface area contributed by atoms with Crippen molar-refractivity contribution >= 4 is 5.57 Å². The van der Waals surface area contributed by atoms with Gasteiger partial charge in [-0.2, -0.15) is 0 Å². The Kier molecular flexibility index (Phi) is 3.22. The number of methoxy groups -OCH3 is 1. The molecular weight excluding hydrogens is 200 g/mol. The number of benzene rings is 1. The summed E-state index contributed by atoms with van der Waals surface area (Å²) < 4.78 is 5.33. The summed E-state index contributed by atoms with van der Waals surface area (Å²) in [6.45, 7) is 0.0125. The highest BCUT2D eigenvalue weighted by Crippen LogP contribution is 2.28. The zero-order valence-corrected chi connectivity index (χ0v) is 9.39. The van der Waals surface area contributed by atoms with Crippen LogP contribution in [0, 0.1) is 0 Å². The van der Waals surface area contributed by atoms with E-state index in [-0.39, 0.29) is 6.61 Å². The van der Waals surface area contributed by atoms with Crippen molar-refractivity contribution in [3.63, 3.8) is 0 Å². The summed E-state index contributed by atoms with van der Waals surface area (Å²) in [5, 5.41) is 9.29. The molecule has 16 heavy (non-hydrogen) atoms. The highest BCUT2D eigenvalue weighted by atomic mass is 16.5. The Morgan fingerprint density at radius 3 is 2.56 bits per heavy atom. The van der Waals surface area contributed by atoms with Crippen LogP contribution in [0.15, 0.2) is 48.6 Å². The van der Waals surface area contributed by atoms with E-state index in [4.69, 9.17) is 4.74 Å². The summed E-state index contributed by atoms with van der Waals surface area (Å²) >= 11 is 0. The average molecular weight is 216 g/mol. The van der Waals surface area contributed by atoms with Crippen LogP contribution in [0.4, 0.5) is 0 Å². The molecule has 0 amide bonds. The topological polar surface area (TPSA) is 29.5 Å². The van der Waals surface area contributed by atoms with Gasteiger partial charge in [0, 0.05) is 13.5 Å². The number of rotatable bonds is 3. The first-order valence-corrected chi connectivity index (χ1v) is 5.40. The molecule has 1 aliphatic rings. The lowest BCUT2D eigenvalue weighted by atomic mass is 9.90. The van der Waals surface area contributed by atoms with Crippen LogP contribution >= 0.6 is 0 Å². The van der Waals surface area contributed by atoms with Crippen LogP contribution in [0.25, 0.3) is 5.57 Å². The van der Waals surface area contributed by atoms with Crippen molar-refractivity contribution in [3.05, 3.63) is 54.1 Å². The van der Waals surface area contributed by atoms with Gasteiger partial charge in [-0.1, -0.05) is 42.5 Å². The molecule has 1 N–H and O–H groups in total. The first-order chi connectivity index (χ1) is 7.79. The van der Waals surface area contributed by atoms with Crippen molar-refractivity contribution < 1.29 is 9.84 Å². The predicted molar refractivity (Wildman–Crippen MR) is 65.0 cm³/mol. The Hall–Kier alpha value is -1.38. The molecule has 1 aliphatic carbocycles. The normalized spacial score (nSPS) is 24.2. The quantitative estimate of drug-likeness (QED) is 0.840. The van der Waals surface area contributed by atoms with E-state index in [0.717, 1.165) is 0 Å². The minimum Gasteiger partial charge on any atom is -0.393 e. The SMILES string of the molecule is COC1(CO)C=CC(c2ccccc2)=CC1. The third-order valence-electron chi connectivity index (χ3n) is 3.02. The van der Waals surface area contributed by atoms with Crippen molar-refractivity contribution in [3.8, 4) is 0 Å². The standard InChI is InChI=1S/C14H16O2/c1-16-14(11-15)9-7-13(8-10-14)12-5-3-2-4-6-12/h2-9,15H,10-11H2,1H3. The largest absolute Gasteiger partial charge is 0.393 e. The molecule has 0 fully saturated rings. The van der Waals surface area contributed by atoms with Crippen LogP contribution in [-0.4, -0.2) is 24.4 Å². The van der Waals surface area contributed by atoms with Gasteiger partial charge in [0.2, 0.25) is 0 Å². The molecule has 0 heterocycles. The number of allylic oxidation sites excluding steroid dienone is 2. The molecule has 2 nitrogen and oxygen atoms in total. The second-order valence-corrected chi connectivity index (χ2v) is 3.99. The van der Waals surface area contributed by atoms with Crippen LogP contribution in [0.3, 0.4) is 0 Å². The third kappa shape index (κ3) is 2.08. The average Bonchev–Trinajstić information content (AvgIpc) is 2.40. The molecule has 1 unspecified atom stereocenters. The van der Waals surface area contributed by atoms with Crippen LogP contribution in [0.1, 0.15) is 12.0 Å². The highest BCUT2D eigenvalue weighted by Gasteiger charge is 2.26. The van der Waals surface area contributed by atoms with Gasteiger partial charge in [-0.15, -0.1) is 0 Å². The van der Waals surface area contributed by atoms with Gasteiger partial charge in [-0.05, 0) is 17.2 Å². The molecular formula is C14H16O2. The molecule has 0 bridgehead atoms. The van der Waals surface area contributed by atoms with Crippen LogP contribution in [-0.2, 0) is 4.74 Å². The van der Waals surface area contributed by atoms with Crippen LogP contribution < -0.4 is 0 Å². The number of hydrogen-bond acceptors (Lipinski definition) is 2. The van der Waals surface area contributed by atoms with E-state index < -0.39 is 5.60 Å². The van der Waals surface area contributed by atoms with Gasteiger partial charge in [0.25, 0.3) is 0 Å². The lowest BCUT2D eigenvalue weighted by Gasteiger charge is -2.28. The lowest BCUT2D eigenvalue weighted by Crippen LogP contribution is -2.33. The number of aliphatic hydroxyl groups excluding tert-OH is 1. The molecule has 1 atom stereocenters. The van der Waals surface area contributed by atoms with Gasteiger partial charge in [-0.25, -0.2) is 0 Å². The summed E-state index contributed by atoms with van der Waals surface area (Å²) in [6, 6.07) is 10.2. The zero-order chi connectivity index (χ0) is 11.4. The van der Waals surface area contributed by atoms with Crippen molar-refractivity contribution in [2.24, 2.45) is 0 Å². The molecule has 2 rings (SSSR count). The summed E-state index contributed by atoms with van der Waals surface area (Å²) in [4.78, 5) is 0. The lowest BCUT2D eigenvalue weighted by molar-refractivity contribution is -0.0122. The first kappa shape index (κ1) is 11.1. The summed E-state index contributed by atoms with van der Waals surface area (Å²) in [5.74, 6) is 0. The highest BCUT2D eigenvalue weighted by molar-refractivity contribution is 5.75. The maximum Gasteiger partial charge on any atom is 0.113 e. The molecule has 1 aromatic carbocycles. The summed E-state index contributed by atoms with van der Waals surface area (Å²) in [7, 11) is 1.63. The molecule has 84 valence electrons. The minimum absolute atomic E-state index is 0.0125. The van der Waals surface area contributed by atoms with Crippen molar-refractivity contribution in [1.82, 2.24) is 0 Å². The van der Waals surface area contributed by atoms with Gasteiger partial charge >= 0.3 is 0 Å². The number of ether oxygens (including phenoxy) is 1. The van der Waals surface area contributed by atoms with Gasteiger partial charge in [0.05, 0.1) is 6.61 Å². The molecule has 0 aromatic heterocycles. The van der Waals surface area contributed by atoms with Gasteiger partial charge in [0.1, 0.15) is 5.60 Å². The second-order valence-electron chi connectivity index (χ2n) is 3.99. The van der Waals surface area contributed by atoms with Gasteiger partial charge in [-0.3, -0.25) is 0 Å². The Morgan fingerprint density at radius 1 is 1.31 bits per heavy atom. The molecule has 0 radical (unpaired) electrons. The van der Waals surface area contributed by atoms with Crippen LogP contribution in [0.5, 0.6) is 0 Å². The first-order valence-electron chi connectivity index (χ1n) is 5.40. The van der Waals surface area contributed by atoms with E-state index in [2.05, 4.69) is 18.2 Å². The van der Waals surface area contributed by atoms with Crippen LogP contribution in [0.2, 0.25) is 0 Å². The van der Waals surface area contributed by atoms with Crippen molar-refractivity contribution in [1.29, 1.82) is 0 Å². The minimum atomic E-state index is -0.529. The van der Waals surface area contributed by atoms with E-state index in [1.165, 1.54) is 11.1 Å². The Morgan fingerprint density at radius 2 is 2.06 bits per heavy atom. The predicted octanol–water partition coefficient (Wildman–Crippen LogP) is 2.41. The van der Waals surface area contributed by atoms with E-state index in [1.54, 1.807) is 7.11 Å². The fraction of sp³-hybridized carbons (Fsp3) is 0.286. The fourth-order valence-corrected chi connectivity index (χ4v) is 1.84. The van der Waals surface area contributed by atoms with Gasteiger partial charge < -0.3 is 9.84 Å². The fourth-order valence-electron chi connectivity index (χ4n) is 1.84. The Labute approximate surface area is 95.9 Å².